The molecule has 1 N–H and O–H groups in total. The molecule has 2 unspecified atom stereocenters. The monoisotopic (exact) mass is 408 g/mol. The van der Waals surface area contributed by atoms with E-state index in [0.717, 1.165) is 38.0 Å². The third-order valence-electron chi connectivity index (χ3n) is 6.17. The minimum atomic E-state index is -3.33. The molecule has 1 amide bonds. The van der Waals surface area contributed by atoms with Gasteiger partial charge in [0, 0.05) is 12.6 Å². The highest BCUT2D eigenvalue weighted by atomic mass is 32.2. The molecule has 1 aromatic rings. The Kier molecular flexibility index (Phi) is 6.99. The van der Waals surface area contributed by atoms with Crippen LogP contribution in [-0.4, -0.2) is 57.5 Å². The quantitative estimate of drug-likeness (QED) is 0.750. The second-order valence-electron chi connectivity index (χ2n) is 8.12. The van der Waals surface area contributed by atoms with Crippen LogP contribution in [0.1, 0.15) is 50.1 Å². The number of amides is 1. The molecule has 156 valence electrons. The van der Waals surface area contributed by atoms with Crippen LogP contribution in [0.4, 0.5) is 0 Å². The number of ether oxygens (including phenoxy) is 1. The van der Waals surface area contributed by atoms with Crippen LogP contribution in [-0.2, 0) is 14.6 Å². The topological polar surface area (TPSA) is 75.7 Å². The van der Waals surface area contributed by atoms with Crippen LogP contribution in [0.25, 0.3) is 0 Å². The van der Waals surface area contributed by atoms with Gasteiger partial charge >= 0.3 is 0 Å². The maximum atomic E-state index is 12.4. The Hall–Kier alpha value is -1.60. The summed E-state index contributed by atoms with van der Waals surface area (Å²) in [6.07, 6.45) is 5.37. The summed E-state index contributed by atoms with van der Waals surface area (Å²) >= 11 is 0. The van der Waals surface area contributed by atoms with Gasteiger partial charge in [0.1, 0.15) is 11.5 Å². The van der Waals surface area contributed by atoms with E-state index in [9.17, 15) is 13.2 Å². The fourth-order valence-corrected chi connectivity index (χ4v) is 6.40. The zero-order chi connectivity index (χ0) is 20.1. The van der Waals surface area contributed by atoms with Crippen molar-refractivity contribution in [3.63, 3.8) is 0 Å². The number of hydrogen-bond acceptors (Lipinski definition) is 5. The maximum Gasteiger partial charge on any atom is 0.235 e. The van der Waals surface area contributed by atoms with E-state index in [1.807, 2.05) is 12.1 Å². The van der Waals surface area contributed by atoms with Crippen LogP contribution in [0.5, 0.6) is 5.75 Å². The molecule has 3 rings (SSSR count). The van der Waals surface area contributed by atoms with Gasteiger partial charge in [-0.15, -0.1) is 0 Å². The van der Waals surface area contributed by atoms with Crippen molar-refractivity contribution in [1.29, 1.82) is 0 Å². The third-order valence-corrected chi connectivity index (χ3v) is 8.32. The van der Waals surface area contributed by atoms with E-state index in [4.69, 9.17) is 4.74 Å². The summed E-state index contributed by atoms with van der Waals surface area (Å²) in [5, 5.41) is 2.58. The summed E-state index contributed by atoms with van der Waals surface area (Å²) < 4.78 is 30.1. The molecule has 0 radical (unpaired) electrons. The third kappa shape index (κ3) is 5.06. The summed E-state index contributed by atoms with van der Waals surface area (Å²) in [5.41, 5.74) is 1.20. The van der Waals surface area contributed by atoms with Gasteiger partial charge in [0.25, 0.3) is 0 Å². The Bertz CT molecular complexity index is 757. The molecule has 1 saturated heterocycles. The highest BCUT2D eigenvalue weighted by molar-refractivity contribution is 7.92. The molecule has 7 heteroatoms. The molecule has 6 nitrogen and oxygen atoms in total. The number of rotatable bonds is 7. The Morgan fingerprint density at radius 3 is 2.46 bits per heavy atom. The van der Waals surface area contributed by atoms with Crippen molar-refractivity contribution in [3.05, 3.63) is 29.8 Å². The Balaban J connectivity index is 1.61. The first-order valence-electron chi connectivity index (χ1n) is 10.2. The minimum absolute atomic E-state index is 0.200. The van der Waals surface area contributed by atoms with Crippen molar-refractivity contribution in [2.75, 3.05) is 33.0 Å². The molecule has 2 aliphatic rings. The minimum Gasteiger partial charge on any atom is -0.497 e. The summed E-state index contributed by atoms with van der Waals surface area (Å²) in [6.45, 7) is 1.51. The lowest BCUT2D eigenvalue weighted by Crippen LogP contribution is -2.43. The fraction of sp³-hybridized carbons (Fsp3) is 0.667. The number of hydrogen-bond donors (Lipinski definition) is 1. The maximum absolute atomic E-state index is 12.4. The standard InChI is InChI=1S/C21H32N2O4S/c1-23-13-5-6-17(21(23)16-9-11-18(27-2)12-10-16)14-22-20(24)15-28(25,26)19-7-3-4-8-19/h9-12,17,19,21H,3-8,13-15H2,1-2H3,(H,22,24). The lowest BCUT2D eigenvalue weighted by atomic mass is 9.85. The van der Waals surface area contributed by atoms with Gasteiger partial charge in [-0.2, -0.15) is 0 Å². The molecule has 2 atom stereocenters. The second kappa shape index (κ2) is 9.27. The predicted molar refractivity (Wildman–Crippen MR) is 110 cm³/mol. The molecule has 0 bridgehead atoms. The lowest BCUT2D eigenvalue weighted by molar-refractivity contribution is -0.119. The van der Waals surface area contributed by atoms with Crippen LogP contribution < -0.4 is 10.1 Å². The number of nitrogens with one attached hydrogen (secondary N) is 1. The number of methoxy groups -OCH3 is 1. The van der Waals surface area contributed by atoms with E-state index in [0.29, 0.717) is 19.4 Å². The van der Waals surface area contributed by atoms with Crippen LogP contribution in [0.3, 0.4) is 0 Å². The molecule has 0 spiro atoms. The van der Waals surface area contributed by atoms with Crippen molar-refractivity contribution in [3.8, 4) is 5.75 Å². The zero-order valence-electron chi connectivity index (χ0n) is 16.9. The summed E-state index contributed by atoms with van der Waals surface area (Å²) in [7, 11) is 0.424. The largest absolute Gasteiger partial charge is 0.497 e. The average Bonchev–Trinajstić information content (AvgIpc) is 3.22. The van der Waals surface area contributed by atoms with Gasteiger partial charge in [-0.1, -0.05) is 25.0 Å². The first-order chi connectivity index (χ1) is 13.4. The number of carbonyl (C=O) groups is 1. The van der Waals surface area contributed by atoms with Crippen LogP contribution in [0.15, 0.2) is 24.3 Å². The van der Waals surface area contributed by atoms with Crippen molar-refractivity contribution in [2.24, 2.45) is 5.92 Å². The number of sulfone groups is 1. The molecular formula is C21H32N2O4S. The van der Waals surface area contributed by atoms with Gasteiger partial charge in [0.05, 0.1) is 12.4 Å². The Morgan fingerprint density at radius 2 is 1.82 bits per heavy atom. The molecule has 0 aromatic heterocycles. The van der Waals surface area contributed by atoms with Crippen molar-refractivity contribution in [1.82, 2.24) is 10.2 Å². The summed E-state index contributed by atoms with van der Waals surface area (Å²) in [5.74, 6) is 0.330. The van der Waals surface area contributed by atoms with Crippen molar-refractivity contribution >= 4 is 15.7 Å². The first-order valence-corrected chi connectivity index (χ1v) is 11.9. The van der Waals surface area contributed by atoms with E-state index in [1.165, 1.54) is 5.56 Å². The number of carbonyl (C=O) groups excluding carboxylic acids is 1. The number of likely N-dealkylation sites (tertiary alicyclic amines) is 1. The molecule has 1 saturated carbocycles. The summed E-state index contributed by atoms with van der Waals surface area (Å²) in [4.78, 5) is 14.7. The van der Waals surface area contributed by atoms with E-state index in [1.54, 1.807) is 7.11 Å². The number of benzene rings is 1. The Labute approximate surface area is 168 Å². The van der Waals surface area contributed by atoms with Gasteiger partial charge in [0.2, 0.25) is 5.91 Å². The summed E-state index contributed by atoms with van der Waals surface area (Å²) in [6, 6.07) is 8.27. The molecule has 1 aromatic carbocycles. The van der Waals surface area contributed by atoms with E-state index in [2.05, 4.69) is 29.4 Å². The van der Waals surface area contributed by atoms with Gasteiger partial charge in [-0.3, -0.25) is 9.69 Å². The normalized spacial score (nSPS) is 24.2. The highest BCUT2D eigenvalue weighted by Crippen LogP contribution is 2.35. The van der Waals surface area contributed by atoms with E-state index >= 15 is 0 Å². The number of nitrogens with zero attached hydrogens (tertiary/aromatic N) is 1. The molecule has 1 aliphatic carbocycles. The lowest BCUT2D eigenvalue weighted by Gasteiger charge is -2.39. The zero-order valence-corrected chi connectivity index (χ0v) is 17.7. The van der Waals surface area contributed by atoms with Crippen LogP contribution in [0, 0.1) is 5.92 Å². The SMILES string of the molecule is COc1ccc(C2C(CNC(=O)CS(=O)(=O)C3CCCC3)CCCN2C)cc1. The van der Waals surface area contributed by atoms with E-state index < -0.39 is 9.84 Å². The van der Waals surface area contributed by atoms with Crippen molar-refractivity contribution in [2.45, 2.75) is 49.8 Å². The van der Waals surface area contributed by atoms with Gasteiger partial charge < -0.3 is 10.1 Å². The predicted octanol–water partition coefficient (Wildman–Crippen LogP) is 2.55. The highest BCUT2D eigenvalue weighted by Gasteiger charge is 2.33. The molecular weight excluding hydrogens is 376 g/mol. The molecule has 2 fully saturated rings. The van der Waals surface area contributed by atoms with Crippen LogP contribution >= 0.6 is 0 Å². The molecule has 28 heavy (non-hydrogen) atoms. The van der Waals surface area contributed by atoms with E-state index in [-0.39, 0.29) is 28.9 Å². The molecule has 1 heterocycles. The fourth-order valence-electron chi connectivity index (χ4n) is 4.65. The van der Waals surface area contributed by atoms with Gasteiger partial charge in [-0.05, 0) is 62.9 Å². The van der Waals surface area contributed by atoms with Gasteiger partial charge in [-0.25, -0.2) is 8.42 Å². The van der Waals surface area contributed by atoms with Crippen molar-refractivity contribution < 1.29 is 17.9 Å². The van der Waals surface area contributed by atoms with Gasteiger partial charge in [0.15, 0.2) is 9.84 Å². The number of piperidine rings is 1. The second-order valence-corrected chi connectivity index (χ2v) is 10.4. The molecule has 1 aliphatic heterocycles. The van der Waals surface area contributed by atoms with Crippen LogP contribution in [0.2, 0.25) is 0 Å². The Morgan fingerprint density at radius 1 is 1.14 bits per heavy atom. The average molecular weight is 409 g/mol. The first kappa shape index (κ1) is 21.1. The smallest absolute Gasteiger partial charge is 0.235 e.